The van der Waals surface area contributed by atoms with E-state index in [4.69, 9.17) is 10.5 Å². The van der Waals surface area contributed by atoms with Gasteiger partial charge in [0.25, 0.3) is 11.8 Å². The molecule has 0 aliphatic carbocycles. The molecule has 1 saturated heterocycles. The van der Waals surface area contributed by atoms with Gasteiger partial charge in [0, 0.05) is 30.8 Å². The first-order valence-electron chi connectivity index (χ1n) is 8.73. The van der Waals surface area contributed by atoms with Crippen LogP contribution >= 0.6 is 0 Å². The number of benzene rings is 1. The molecule has 0 atom stereocenters. The fourth-order valence-corrected chi connectivity index (χ4v) is 3.26. The van der Waals surface area contributed by atoms with E-state index in [0.29, 0.717) is 37.2 Å². The Balaban J connectivity index is 1.65. The van der Waals surface area contributed by atoms with Crippen molar-refractivity contribution in [2.45, 2.75) is 12.8 Å². The number of Topliss-reactive ketones (excluding diaryl/α,β-unsaturated/α-hetero) is 1. The van der Waals surface area contributed by atoms with E-state index in [1.165, 1.54) is 12.3 Å². The molecule has 1 aliphatic heterocycles. The second-order valence-electron chi connectivity index (χ2n) is 6.42. The summed E-state index contributed by atoms with van der Waals surface area (Å²) in [6.45, 7) is 0.861. The quantitative estimate of drug-likeness (QED) is 0.814. The molecule has 0 saturated carbocycles. The first-order valence-corrected chi connectivity index (χ1v) is 8.73. The lowest BCUT2D eigenvalue weighted by Crippen LogP contribution is -2.41. The number of methoxy groups -OCH3 is 1. The number of ketones is 1. The molecule has 2 heterocycles. The van der Waals surface area contributed by atoms with Gasteiger partial charge in [-0.1, -0.05) is 0 Å². The van der Waals surface area contributed by atoms with Crippen molar-refractivity contribution in [3.63, 3.8) is 0 Å². The largest absolute Gasteiger partial charge is 0.497 e. The zero-order valence-electron chi connectivity index (χ0n) is 15.1. The van der Waals surface area contributed by atoms with E-state index < -0.39 is 5.91 Å². The fourth-order valence-electron chi connectivity index (χ4n) is 3.26. The zero-order chi connectivity index (χ0) is 19.4. The number of hydrogen-bond acceptors (Lipinski definition) is 5. The van der Waals surface area contributed by atoms with Crippen LogP contribution in [0.15, 0.2) is 42.6 Å². The Labute approximate surface area is 157 Å². The number of aromatic nitrogens is 1. The number of amides is 2. The molecule has 2 N–H and O–H groups in total. The van der Waals surface area contributed by atoms with E-state index in [9.17, 15) is 14.4 Å². The molecule has 0 spiro atoms. The third-order valence-corrected chi connectivity index (χ3v) is 4.80. The lowest BCUT2D eigenvalue weighted by Gasteiger charge is -2.31. The average molecular weight is 367 g/mol. The fraction of sp³-hybridized carbons (Fsp3) is 0.300. The van der Waals surface area contributed by atoms with E-state index in [-0.39, 0.29) is 28.9 Å². The molecule has 140 valence electrons. The monoisotopic (exact) mass is 367 g/mol. The van der Waals surface area contributed by atoms with Crippen molar-refractivity contribution in [2.24, 2.45) is 11.7 Å². The maximum Gasteiger partial charge on any atom is 0.273 e. The number of pyridine rings is 1. The molecule has 27 heavy (non-hydrogen) atoms. The van der Waals surface area contributed by atoms with E-state index in [1.54, 1.807) is 42.3 Å². The Bertz CT molecular complexity index is 856. The Hall–Kier alpha value is -3.22. The molecule has 1 aromatic heterocycles. The van der Waals surface area contributed by atoms with E-state index in [0.717, 1.165) is 0 Å². The molecule has 7 heteroatoms. The van der Waals surface area contributed by atoms with Crippen LogP contribution in [0.5, 0.6) is 5.75 Å². The number of hydrogen-bond donors (Lipinski definition) is 1. The number of nitrogens with two attached hydrogens (primary N) is 1. The second-order valence-corrected chi connectivity index (χ2v) is 6.42. The van der Waals surface area contributed by atoms with Crippen molar-refractivity contribution >= 4 is 17.6 Å². The lowest BCUT2D eigenvalue weighted by molar-refractivity contribution is 0.0643. The molecule has 2 aromatic rings. The maximum absolute atomic E-state index is 12.7. The molecule has 2 amide bonds. The molecule has 0 unspecified atom stereocenters. The number of carbonyl (C=O) groups excluding carboxylic acids is 3. The summed E-state index contributed by atoms with van der Waals surface area (Å²) < 4.78 is 5.11. The van der Waals surface area contributed by atoms with Gasteiger partial charge in [0.15, 0.2) is 5.78 Å². The van der Waals surface area contributed by atoms with Crippen LogP contribution in [-0.4, -0.2) is 47.7 Å². The first-order chi connectivity index (χ1) is 13.0. The second kappa shape index (κ2) is 7.99. The summed E-state index contributed by atoms with van der Waals surface area (Å²) in [4.78, 5) is 42.5. The van der Waals surface area contributed by atoms with Gasteiger partial charge in [-0.25, -0.2) is 0 Å². The maximum atomic E-state index is 12.7. The smallest absolute Gasteiger partial charge is 0.273 e. The Morgan fingerprint density at radius 1 is 1.11 bits per heavy atom. The van der Waals surface area contributed by atoms with Crippen molar-refractivity contribution in [3.8, 4) is 5.75 Å². The minimum absolute atomic E-state index is 0.0601. The van der Waals surface area contributed by atoms with Crippen LogP contribution in [0.4, 0.5) is 0 Å². The normalized spacial score (nSPS) is 14.6. The summed E-state index contributed by atoms with van der Waals surface area (Å²) >= 11 is 0. The van der Waals surface area contributed by atoms with Crippen molar-refractivity contribution in [1.29, 1.82) is 0 Å². The van der Waals surface area contributed by atoms with Crippen LogP contribution in [0.3, 0.4) is 0 Å². The van der Waals surface area contributed by atoms with Crippen LogP contribution in [-0.2, 0) is 0 Å². The summed E-state index contributed by atoms with van der Waals surface area (Å²) in [5.41, 5.74) is 6.14. The number of ether oxygens (including phenoxy) is 1. The van der Waals surface area contributed by atoms with Crippen LogP contribution < -0.4 is 10.5 Å². The topological polar surface area (TPSA) is 103 Å². The predicted octanol–water partition coefficient (Wildman–Crippen LogP) is 1.92. The van der Waals surface area contributed by atoms with Gasteiger partial charge in [0.2, 0.25) is 0 Å². The van der Waals surface area contributed by atoms with Gasteiger partial charge in [0.1, 0.15) is 11.4 Å². The number of likely N-dealkylation sites (tertiary alicyclic amines) is 1. The third-order valence-electron chi connectivity index (χ3n) is 4.80. The predicted molar refractivity (Wildman–Crippen MR) is 98.7 cm³/mol. The summed E-state index contributed by atoms with van der Waals surface area (Å²) in [6.07, 6.45) is 2.59. The van der Waals surface area contributed by atoms with Gasteiger partial charge in [-0.2, -0.15) is 0 Å². The molecule has 7 nitrogen and oxygen atoms in total. The number of piperidine rings is 1. The Morgan fingerprint density at radius 3 is 2.37 bits per heavy atom. The van der Waals surface area contributed by atoms with Gasteiger partial charge in [-0.3, -0.25) is 19.4 Å². The lowest BCUT2D eigenvalue weighted by atomic mass is 9.88. The number of primary amides is 1. The summed E-state index contributed by atoms with van der Waals surface area (Å²) in [7, 11) is 1.58. The van der Waals surface area contributed by atoms with Crippen LogP contribution in [0.25, 0.3) is 0 Å². The van der Waals surface area contributed by atoms with E-state index in [1.807, 2.05) is 0 Å². The number of carbonyl (C=O) groups is 3. The first kappa shape index (κ1) is 18.6. The van der Waals surface area contributed by atoms with Crippen molar-refractivity contribution < 1.29 is 19.1 Å². The van der Waals surface area contributed by atoms with Gasteiger partial charge in [-0.05, 0) is 49.2 Å². The highest BCUT2D eigenvalue weighted by molar-refractivity contribution is 6.05. The summed E-state index contributed by atoms with van der Waals surface area (Å²) in [6, 6.07) is 10.1. The van der Waals surface area contributed by atoms with Crippen LogP contribution in [0.2, 0.25) is 0 Å². The Kier molecular flexibility index (Phi) is 5.49. The minimum atomic E-state index is -0.684. The average Bonchev–Trinajstić information content (AvgIpc) is 2.73. The van der Waals surface area contributed by atoms with Crippen LogP contribution in [0.1, 0.15) is 44.0 Å². The zero-order valence-corrected chi connectivity index (χ0v) is 15.1. The molecular formula is C20H21N3O4. The van der Waals surface area contributed by atoms with Crippen molar-refractivity contribution in [1.82, 2.24) is 9.88 Å². The summed E-state index contributed by atoms with van der Waals surface area (Å²) in [5, 5.41) is 0. The molecule has 3 rings (SSSR count). The summed E-state index contributed by atoms with van der Waals surface area (Å²) in [5.74, 6) is -0.384. The van der Waals surface area contributed by atoms with Crippen molar-refractivity contribution in [2.75, 3.05) is 20.2 Å². The van der Waals surface area contributed by atoms with E-state index >= 15 is 0 Å². The highest BCUT2D eigenvalue weighted by atomic mass is 16.5. The molecule has 1 aliphatic rings. The number of rotatable bonds is 5. The van der Waals surface area contributed by atoms with Gasteiger partial charge < -0.3 is 15.4 Å². The van der Waals surface area contributed by atoms with Gasteiger partial charge in [-0.15, -0.1) is 0 Å². The molecule has 1 fully saturated rings. The highest BCUT2D eigenvalue weighted by Gasteiger charge is 2.30. The van der Waals surface area contributed by atoms with Gasteiger partial charge >= 0.3 is 0 Å². The molecule has 0 bridgehead atoms. The Morgan fingerprint density at radius 2 is 1.78 bits per heavy atom. The molecule has 0 radical (unpaired) electrons. The standard InChI is InChI=1S/C20H21N3O4/c1-27-15-6-4-13(5-7-15)18(24)14-8-11-23(12-9-14)20(26)17-16(19(21)25)3-2-10-22-17/h2-7,10,14H,8-9,11-12H2,1H3,(H2,21,25). The SMILES string of the molecule is COc1ccc(C(=O)C2CCN(C(=O)c3ncccc3C(N)=O)CC2)cc1. The van der Waals surface area contributed by atoms with Crippen LogP contribution in [0, 0.1) is 5.92 Å². The molecular weight excluding hydrogens is 346 g/mol. The third kappa shape index (κ3) is 3.97. The molecule has 1 aromatic carbocycles. The minimum Gasteiger partial charge on any atom is -0.497 e. The highest BCUT2D eigenvalue weighted by Crippen LogP contribution is 2.24. The van der Waals surface area contributed by atoms with Gasteiger partial charge in [0.05, 0.1) is 12.7 Å². The number of nitrogens with zero attached hydrogens (tertiary/aromatic N) is 2. The van der Waals surface area contributed by atoms with E-state index in [2.05, 4.69) is 4.98 Å². The van der Waals surface area contributed by atoms with Crippen molar-refractivity contribution in [3.05, 3.63) is 59.4 Å².